The minimum atomic E-state index is -0.868. The first-order valence-corrected chi connectivity index (χ1v) is 6.73. The Morgan fingerprint density at radius 1 is 1.45 bits per heavy atom. The second-order valence-corrected chi connectivity index (χ2v) is 5.54. The van der Waals surface area contributed by atoms with Crippen molar-refractivity contribution in [3.05, 3.63) is 41.7 Å². The van der Waals surface area contributed by atoms with Crippen LogP contribution < -0.4 is 0 Å². The minimum Gasteiger partial charge on any atom is -0.481 e. The summed E-state index contributed by atoms with van der Waals surface area (Å²) in [6.45, 7) is 10.7. The second-order valence-electron chi connectivity index (χ2n) is 5.54. The molecule has 106 valence electrons. The molecule has 2 rings (SSSR count). The highest BCUT2D eigenvalue weighted by Crippen LogP contribution is 2.23. The van der Waals surface area contributed by atoms with Crippen LogP contribution in [0.15, 0.2) is 30.4 Å². The van der Waals surface area contributed by atoms with Gasteiger partial charge >= 0.3 is 5.97 Å². The molecule has 0 fully saturated rings. The van der Waals surface area contributed by atoms with E-state index in [-0.39, 0.29) is 6.42 Å². The molecule has 0 spiro atoms. The number of fused-ring (bicyclic) bond motifs is 1. The fraction of sp³-hybridized carbons (Fsp3) is 0.375. The zero-order chi connectivity index (χ0) is 14.9. The van der Waals surface area contributed by atoms with Gasteiger partial charge in [0.1, 0.15) is 12.2 Å². The van der Waals surface area contributed by atoms with Gasteiger partial charge in [-0.3, -0.25) is 4.79 Å². The Morgan fingerprint density at radius 3 is 2.70 bits per heavy atom. The molecule has 0 saturated heterocycles. The molecule has 4 nitrogen and oxygen atoms in total. The SMILES string of the molecule is C=C(C)Cn1c(CC(=O)O)nc2cc(C(C)C)ccc21. The number of allylic oxidation sites excluding steroid dienone is 1. The van der Waals surface area contributed by atoms with Gasteiger partial charge in [-0.1, -0.05) is 32.1 Å². The van der Waals surface area contributed by atoms with Crippen LogP contribution in [0.3, 0.4) is 0 Å². The highest BCUT2D eigenvalue weighted by molar-refractivity contribution is 5.79. The number of imidazole rings is 1. The molecular weight excluding hydrogens is 252 g/mol. The summed E-state index contributed by atoms with van der Waals surface area (Å²) in [4.78, 5) is 15.5. The second kappa shape index (κ2) is 5.49. The van der Waals surface area contributed by atoms with Crippen molar-refractivity contribution < 1.29 is 9.90 Å². The Morgan fingerprint density at radius 2 is 2.15 bits per heavy atom. The first-order chi connectivity index (χ1) is 9.38. The summed E-state index contributed by atoms with van der Waals surface area (Å²) < 4.78 is 1.94. The summed E-state index contributed by atoms with van der Waals surface area (Å²) in [5.41, 5.74) is 4.01. The van der Waals surface area contributed by atoms with Gasteiger partial charge < -0.3 is 9.67 Å². The monoisotopic (exact) mass is 272 g/mol. The molecule has 0 amide bonds. The van der Waals surface area contributed by atoms with Crippen molar-refractivity contribution in [2.75, 3.05) is 0 Å². The van der Waals surface area contributed by atoms with Crippen molar-refractivity contribution in [3.63, 3.8) is 0 Å². The van der Waals surface area contributed by atoms with E-state index in [1.165, 1.54) is 5.56 Å². The smallest absolute Gasteiger partial charge is 0.311 e. The maximum absolute atomic E-state index is 11.0. The topological polar surface area (TPSA) is 55.1 Å². The number of hydrogen-bond acceptors (Lipinski definition) is 2. The van der Waals surface area contributed by atoms with Crippen LogP contribution in [0.25, 0.3) is 11.0 Å². The van der Waals surface area contributed by atoms with Crippen LogP contribution in [-0.2, 0) is 17.8 Å². The highest BCUT2D eigenvalue weighted by atomic mass is 16.4. The first-order valence-electron chi connectivity index (χ1n) is 6.73. The van der Waals surface area contributed by atoms with E-state index in [2.05, 4.69) is 31.5 Å². The van der Waals surface area contributed by atoms with E-state index in [1.54, 1.807) is 0 Å². The molecule has 0 aliphatic carbocycles. The van der Waals surface area contributed by atoms with E-state index in [9.17, 15) is 4.79 Å². The van der Waals surface area contributed by atoms with E-state index < -0.39 is 5.97 Å². The molecule has 0 bridgehead atoms. The minimum absolute atomic E-state index is 0.0705. The van der Waals surface area contributed by atoms with Gasteiger partial charge in [0.15, 0.2) is 0 Å². The molecule has 20 heavy (non-hydrogen) atoms. The van der Waals surface area contributed by atoms with Gasteiger partial charge in [-0.2, -0.15) is 0 Å². The fourth-order valence-electron chi connectivity index (χ4n) is 2.27. The highest BCUT2D eigenvalue weighted by Gasteiger charge is 2.14. The normalized spacial score (nSPS) is 11.2. The predicted octanol–water partition coefficient (Wildman–Crippen LogP) is 3.36. The summed E-state index contributed by atoms with van der Waals surface area (Å²) in [5.74, 6) is 0.136. The lowest BCUT2D eigenvalue weighted by molar-refractivity contribution is -0.136. The summed E-state index contributed by atoms with van der Waals surface area (Å²) in [6.07, 6.45) is -0.0705. The van der Waals surface area contributed by atoms with Crippen molar-refractivity contribution in [2.24, 2.45) is 0 Å². The molecular formula is C16H20N2O2. The summed E-state index contributed by atoms with van der Waals surface area (Å²) in [5, 5.41) is 9.02. The van der Waals surface area contributed by atoms with Gasteiger partial charge in [-0.15, -0.1) is 0 Å². The third-order valence-corrected chi connectivity index (χ3v) is 3.26. The van der Waals surface area contributed by atoms with Gasteiger partial charge in [-0.05, 0) is 30.5 Å². The van der Waals surface area contributed by atoms with Crippen molar-refractivity contribution in [3.8, 4) is 0 Å². The van der Waals surface area contributed by atoms with Crippen LogP contribution in [0, 0.1) is 0 Å². The zero-order valence-corrected chi connectivity index (χ0v) is 12.2. The van der Waals surface area contributed by atoms with Crippen molar-refractivity contribution >= 4 is 17.0 Å². The zero-order valence-electron chi connectivity index (χ0n) is 12.2. The van der Waals surface area contributed by atoms with E-state index >= 15 is 0 Å². The standard InChI is InChI=1S/C16H20N2O2/c1-10(2)9-18-14-6-5-12(11(3)4)7-13(14)17-15(18)8-16(19)20/h5-7,11H,1,8-9H2,2-4H3,(H,19,20). The van der Waals surface area contributed by atoms with Crippen molar-refractivity contribution in [1.82, 2.24) is 9.55 Å². The molecule has 1 heterocycles. The van der Waals surface area contributed by atoms with Gasteiger partial charge in [0.2, 0.25) is 0 Å². The van der Waals surface area contributed by atoms with Gasteiger partial charge in [0.05, 0.1) is 11.0 Å². The van der Waals surface area contributed by atoms with Crippen molar-refractivity contribution in [2.45, 2.75) is 39.7 Å². The summed E-state index contributed by atoms with van der Waals surface area (Å²) in [6, 6.07) is 6.14. The molecule has 1 aromatic carbocycles. The molecule has 1 aromatic heterocycles. The van der Waals surface area contributed by atoms with Crippen LogP contribution in [-0.4, -0.2) is 20.6 Å². The van der Waals surface area contributed by atoms with E-state index in [0.717, 1.165) is 16.6 Å². The Kier molecular flexibility index (Phi) is 3.93. The molecule has 0 saturated carbocycles. The summed E-state index contributed by atoms with van der Waals surface area (Å²) >= 11 is 0. The van der Waals surface area contributed by atoms with E-state index in [4.69, 9.17) is 5.11 Å². The molecule has 0 radical (unpaired) electrons. The Balaban J connectivity index is 2.58. The number of carboxylic acids is 1. The number of nitrogens with zero attached hydrogens (tertiary/aromatic N) is 2. The number of aromatic nitrogens is 2. The third kappa shape index (κ3) is 2.90. The third-order valence-electron chi connectivity index (χ3n) is 3.26. The maximum atomic E-state index is 11.0. The Labute approximate surface area is 118 Å². The predicted molar refractivity (Wildman–Crippen MR) is 80.0 cm³/mol. The van der Waals surface area contributed by atoms with Crippen LogP contribution in [0.4, 0.5) is 0 Å². The molecule has 0 unspecified atom stereocenters. The van der Waals surface area contributed by atoms with Crippen LogP contribution in [0.1, 0.15) is 38.1 Å². The first kappa shape index (κ1) is 14.3. The van der Waals surface area contributed by atoms with E-state index in [0.29, 0.717) is 18.3 Å². The summed E-state index contributed by atoms with van der Waals surface area (Å²) in [7, 11) is 0. The van der Waals surface area contributed by atoms with Crippen LogP contribution >= 0.6 is 0 Å². The molecule has 0 aliphatic rings. The molecule has 1 N–H and O–H groups in total. The quantitative estimate of drug-likeness (QED) is 0.849. The van der Waals surface area contributed by atoms with Gasteiger partial charge in [0.25, 0.3) is 0 Å². The number of carboxylic acid groups (broad SMARTS) is 1. The number of benzene rings is 1. The Hall–Kier alpha value is -2.10. The lowest BCUT2D eigenvalue weighted by Crippen LogP contribution is -2.09. The number of carbonyl (C=O) groups is 1. The Bertz CT molecular complexity index is 668. The van der Waals surface area contributed by atoms with Gasteiger partial charge in [-0.25, -0.2) is 4.98 Å². The van der Waals surface area contributed by atoms with E-state index in [1.807, 2.05) is 23.6 Å². The van der Waals surface area contributed by atoms with Crippen LogP contribution in [0.5, 0.6) is 0 Å². The molecule has 0 atom stereocenters. The number of hydrogen-bond donors (Lipinski definition) is 1. The molecule has 4 heteroatoms. The average molecular weight is 272 g/mol. The number of rotatable bonds is 5. The lowest BCUT2D eigenvalue weighted by Gasteiger charge is -2.08. The molecule has 0 aliphatic heterocycles. The van der Waals surface area contributed by atoms with Gasteiger partial charge in [0, 0.05) is 6.54 Å². The molecule has 2 aromatic rings. The largest absolute Gasteiger partial charge is 0.481 e. The van der Waals surface area contributed by atoms with Crippen LogP contribution in [0.2, 0.25) is 0 Å². The van der Waals surface area contributed by atoms with Crippen molar-refractivity contribution in [1.29, 1.82) is 0 Å². The fourth-order valence-corrected chi connectivity index (χ4v) is 2.27. The number of aliphatic carboxylic acids is 1. The maximum Gasteiger partial charge on any atom is 0.311 e. The lowest BCUT2D eigenvalue weighted by atomic mass is 10.0. The average Bonchev–Trinajstić information content (AvgIpc) is 2.65.